The van der Waals surface area contributed by atoms with Crippen molar-refractivity contribution < 1.29 is 0 Å². The SMILES string of the molecule is Cc1cc2c(ccc(=O)n2C2CCCC2)cn1. The second kappa shape index (κ2) is 3.99. The Balaban J connectivity index is 2.29. The smallest absolute Gasteiger partial charge is 0.251 e. The van der Waals surface area contributed by atoms with E-state index >= 15 is 0 Å². The van der Waals surface area contributed by atoms with Crippen molar-refractivity contribution in [2.45, 2.75) is 38.6 Å². The molecule has 88 valence electrons. The van der Waals surface area contributed by atoms with Crippen molar-refractivity contribution in [3.05, 3.63) is 40.4 Å². The molecule has 0 radical (unpaired) electrons. The number of rotatable bonds is 1. The van der Waals surface area contributed by atoms with E-state index in [4.69, 9.17) is 0 Å². The Hall–Kier alpha value is -1.64. The van der Waals surface area contributed by atoms with Gasteiger partial charge in [0.25, 0.3) is 5.56 Å². The second-order valence-corrected chi connectivity index (χ2v) is 4.86. The van der Waals surface area contributed by atoms with Crippen LogP contribution in [0.15, 0.2) is 29.2 Å². The van der Waals surface area contributed by atoms with Crippen molar-refractivity contribution in [3.8, 4) is 0 Å². The highest BCUT2D eigenvalue weighted by Crippen LogP contribution is 2.30. The molecule has 1 saturated carbocycles. The standard InChI is InChI=1S/C14H16N2O/c1-10-8-13-11(9-15-10)6-7-14(17)16(13)12-4-2-3-5-12/h6-9,12H,2-5H2,1H3. The van der Waals surface area contributed by atoms with Crippen LogP contribution < -0.4 is 5.56 Å². The van der Waals surface area contributed by atoms with Gasteiger partial charge >= 0.3 is 0 Å². The summed E-state index contributed by atoms with van der Waals surface area (Å²) in [6.45, 7) is 1.97. The summed E-state index contributed by atoms with van der Waals surface area (Å²) in [4.78, 5) is 16.4. The van der Waals surface area contributed by atoms with Gasteiger partial charge in [-0.25, -0.2) is 0 Å². The van der Waals surface area contributed by atoms with E-state index in [1.807, 2.05) is 29.8 Å². The van der Waals surface area contributed by atoms with Gasteiger partial charge in [0, 0.05) is 29.4 Å². The predicted octanol–water partition coefficient (Wildman–Crippen LogP) is 2.82. The van der Waals surface area contributed by atoms with Crippen LogP contribution in [-0.2, 0) is 0 Å². The quantitative estimate of drug-likeness (QED) is 0.752. The molecule has 0 amide bonds. The molecular weight excluding hydrogens is 212 g/mol. The summed E-state index contributed by atoms with van der Waals surface area (Å²) in [7, 11) is 0. The lowest BCUT2D eigenvalue weighted by Crippen LogP contribution is -2.22. The van der Waals surface area contributed by atoms with Gasteiger partial charge in [0.05, 0.1) is 5.52 Å². The van der Waals surface area contributed by atoms with Crippen LogP contribution in [0.4, 0.5) is 0 Å². The van der Waals surface area contributed by atoms with E-state index in [9.17, 15) is 4.79 Å². The highest BCUT2D eigenvalue weighted by atomic mass is 16.1. The third-order valence-corrected chi connectivity index (χ3v) is 3.64. The first-order valence-corrected chi connectivity index (χ1v) is 6.23. The Morgan fingerprint density at radius 2 is 2.06 bits per heavy atom. The van der Waals surface area contributed by atoms with E-state index in [0.29, 0.717) is 6.04 Å². The average molecular weight is 228 g/mol. The van der Waals surface area contributed by atoms with Gasteiger partial charge in [0.15, 0.2) is 0 Å². The van der Waals surface area contributed by atoms with Crippen molar-refractivity contribution in [3.63, 3.8) is 0 Å². The lowest BCUT2D eigenvalue weighted by Gasteiger charge is -2.16. The van der Waals surface area contributed by atoms with Crippen LogP contribution in [0.5, 0.6) is 0 Å². The zero-order valence-corrected chi connectivity index (χ0v) is 10.0. The van der Waals surface area contributed by atoms with Crippen LogP contribution in [0.3, 0.4) is 0 Å². The molecule has 2 aromatic heterocycles. The van der Waals surface area contributed by atoms with E-state index in [1.54, 1.807) is 6.07 Å². The third kappa shape index (κ3) is 1.75. The van der Waals surface area contributed by atoms with Crippen molar-refractivity contribution >= 4 is 10.9 Å². The molecule has 3 heteroatoms. The molecule has 0 spiro atoms. The second-order valence-electron chi connectivity index (χ2n) is 4.86. The summed E-state index contributed by atoms with van der Waals surface area (Å²) in [6.07, 6.45) is 6.57. The van der Waals surface area contributed by atoms with Crippen LogP contribution in [0.2, 0.25) is 0 Å². The fraction of sp³-hybridized carbons (Fsp3) is 0.429. The number of hydrogen-bond donors (Lipinski definition) is 0. The zero-order chi connectivity index (χ0) is 11.8. The minimum Gasteiger partial charge on any atom is -0.305 e. The third-order valence-electron chi connectivity index (χ3n) is 3.64. The molecule has 1 aliphatic carbocycles. The Kier molecular flexibility index (Phi) is 2.46. The van der Waals surface area contributed by atoms with Crippen molar-refractivity contribution in [1.82, 2.24) is 9.55 Å². The molecule has 0 atom stereocenters. The van der Waals surface area contributed by atoms with Gasteiger partial charge in [0.2, 0.25) is 0 Å². The summed E-state index contributed by atoms with van der Waals surface area (Å²) >= 11 is 0. The molecule has 0 unspecified atom stereocenters. The maximum absolute atomic E-state index is 12.1. The van der Waals surface area contributed by atoms with Crippen molar-refractivity contribution in [2.24, 2.45) is 0 Å². The van der Waals surface area contributed by atoms with Gasteiger partial charge in [-0.15, -0.1) is 0 Å². The first-order chi connectivity index (χ1) is 8.25. The van der Waals surface area contributed by atoms with E-state index in [1.165, 1.54) is 12.8 Å². The number of pyridine rings is 2. The molecule has 0 bridgehead atoms. The molecule has 1 aliphatic rings. The average Bonchev–Trinajstić information content (AvgIpc) is 2.82. The number of aromatic nitrogens is 2. The monoisotopic (exact) mass is 228 g/mol. The number of nitrogens with zero attached hydrogens (tertiary/aromatic N) is 2. The van der Waals surface area contributed by atoms with E-state index in [-0.39, 0.29) is 5.56 Å². The Morgan fingerprint density at radius 1 is 1.29 bits per heavy atom. The summed E-state index contributed by atoms with van der Waals surface area (Å²) in [5, 5.41) is 1.06. The van der Waals surface area contributed by atoms with Crippen molar-refractivity contribution in [2.75, 3.05) is 0 Å². The van der Waals surface area contributed by atoms with Crippen molar-refractivity contribution in [1.29, 1.82) is 0 Å². The lowest BCUT2D eigenvalue weighted by atomic mass is 10.2. The Bertz CT molecular complexity index is 609. The molecule has 0 saturated heterocycles. The molecule has 0 aromatic carbocycles. The number of fused-ring (bicyclic) bond motifs is 1. The first-order valence-electron chi connectivity index (χ1n) is 6.23. The molecule has 17 heavy (non-hydrogen) atoms. The van der Waals surface area contributed by atoms with Gasteiger partial charge < -0.3 is 4.57 Å². The maximum Gasteiger partial charge on any atom is 0.251 e. The number of hydrogen-bond acceptors (Lipinski definition) is 2. The minimum atomic E-state index is 0.120. The van der Waals surface area contributed by atoms with Crippen LogP contribution >= 0.6 is 0 Å². The molecule has 2 aromatic rings. The zero-order valence-electron chi connectivity index (χ0n) is 10.0. The molecule has 0 aliphatic heterocycles. The summed E-state index contributed by atoms with van der Waals surface area (Å²) in [6, 6.07) is 5.94. The summed E-state index contributed by atoms with van der Waals surface area (Å²) in [5.41, 5.74) is 2.13. The molecule has 2 heterocycles. The topological polar surface area (TPSA) is 34.9 Å². The molecular formula is C14H16N2O. The van der Waals surface area contributed by atoms with Gasteiger partial charge in [-0.3, -0.25) is 9.78 Å². The Morgan fingerprint density at radius 3 is 2.82 bits per heavy atom. The molecule has 3 rings (SSSR count). The maximum atomic E-state index is 12.1. The van der Waals surface area contributed by atoms with E-state index < -0.39 is 0 Å². The van der Waals surface area contributed by atoms with Gasteiger partial charge in [-0.2, -0.15) is 0 Å². The van der Waals surface area contributed by atoms with Crippen LogP contribution in [0, 0.1) is 6.92 Å². The molecule has 1 fully saturated rings. The highest BCUT2D eigenvalue weighted by molar-refractivity contribution is 5.78. The summed E-state index contributed by atoms with van der Waals surface area (Å²) in [5.74, 6) is 0. The Labute approximate surface area is 100 Å². The van der Waals surface area contributed by atoms with E-state index in [0.717, 1.165) is 29.4 Å². The minimum absolute atomic E-state index is 0.120. The first kappa shape index (κ1) is 10.5. The number of aryl methyl sites for hydroxylation is 1. The predicted molar refractivity (Wildman–Crippen MR) is 68.2 cm³/mol. The highest BCUT2D eigenvalue weighted by Gasteiger charge is 2.19. The normalized spacial score (nSPS) is 16.8. The molecule has 0 N–H and O–H groups in total. The van der Waals surface area contributed by atoms with Gasteiger partial charge in [-0.1, -0.05) is 12.8 Å². The van der Waals surface area contributed by atoms with Crippen LogP contribution in [-0.4, -0.2) is 9.55 Å². The van der Waals surface area contributed by atoms with Crippen LogP contribution in [0.25, 0.3) is 10.9 Å². The largest absolute Gasteiger partial charge is 0.305 e. The summed E-state index contributed by atoms with van der Waals surface area (Å²) < 4.78 is 1.97. The van der Waals surface area contributed by atoms with E-state index in [2.05, 4.69) is 4.98 Å². The van der Waals surface area contributed by atoms with Crippen LogP contribution in [0.1, 0.15) is 37.4 Å². The lowest BCUT2D eigenvalue weighted by molar-refractivity contribution is 0.519. The van der Waals surface area contributed by atoms with Gasteiger partial charge in [-0.05, 0) is 31.9 Å². The molecule has 3 nitrogen and oxygen atoms in total. The van der Waals surface area contributed by atoms with Gasteiger partial charge in [0.1, 0.15) is 0 Å². The fourth-order valence-corrected chi connectivity index (χ4v) is 2.79. The fourth-order valence-electron chi connectivity index (χ4n) is 2.79.